The van der Waals surface area contributed by atoms with E-state index in [0.29, 0.717) is 23.5 Å². The molecule has 0 aromatic rings. The molecule has 9 atom stereocenters. The second kappa shape index (κ2) is 6.92. The number of hydrogen-bond acceptors (Lipinski definition) is 4. The highest BCUT2D eigenvalue weighted by atomic mass is 79.9. The van der Waals surface area contributed by atoms with Crippen molar-refractivity contribution in [1.82, 2.24) is 0 Å². The molecule has 5 heteroatoms. The maximum atomic E-state index is 13.8. The van der Waals surface area contributed by atoms with Crippen LogP contribution >= 0.6 is 15.9 Å². The minimum atomic E-state index is -0.248. The Morgan fingerprint density at radius 3 is 2.43 bits per heavy atom. The van der Waals surface area contributed by atoms with Gasteiger partial charge in [-0.25, -0.2) is 0 Å². The van der Waals surface area contributed by atoms with Crippen LogP contribution in [0.25, 0.3) is 0 Å². The molecule has 3 unspecified atom stereocenters. The van der Waals surface area contributed by atoms with Crippen molar-refractivity contribution in [3.63, 3.8) is 0 Å². The number of esters is 1. The summed E-state index contributed by atoms with van der Waals surface area (Å²) in [6, 6.07) is 0. The SMILES string of the molecule is CC(=O)OC1CC[C@@]2(C)C(CC[C@H]3[C@@H]4CC[C@H](C(C)=O)[C@@]4(C)C(Br)C(=O)[C@@H]32)C1. The van der Waals surface area contributed by atoms with Gasteiger partial charge in [0.2, 0.25) is 0 Å². The Balaban J connectivity index is 1.64. The number of carbonyl (C=O) groups is 3. The van der Waals surface area contributed by atoms with E-state index in [-0.39, 0.29) is 45.3 Å². The lowest BCUT2D eigenvalue weighted by atomic mass is 9.44. The van der Waals surface area contributed by atoms with Crippen LogP contribution in [-0.2, 0) is 19.1 Å². The predicted octanol–water partition coefficient (Wildman–Crippen LogP) is 4.72. The molecule has 4 rings (SSSR count). The summed E-state index contributed by atoms with van der Waals surface area (Å²) in [6.07, 6.45) is 6.84. The maximum absolute atomic E-state index is 13.8. The fourth-order valence-corrected chi connectivity index (χ4v) is 8.91. The van der Waals surface area contributed by atoms with Gasteiger partial charge in [0.05, 0.1) is 4.83 Å². The van der Waals surface area contributed by atoms with Crippen molar-refractivity contribution in [2.24, 2.45) is 40.4 Å². The number of halogens is 1. The molecular weight excluding hydrogens is 420 g/mol. The second-order valence-electron chi connectivity index (χ2n) is 10.4. The van der Waals surface area contributed by atoms with Crippen molar-refractivity contribution in [3.8, 4) is 0 Å². The minimum Gasteiger partial charge on any atom is -0.463 e. The van der Waals surface area contributed by atoms with Gasteiger partial charge in [0.25, 0.3) is 0 Å². The highest BCUT2D eigenvalue weighted by molar-refractivity contribution is 9.10. The van der Waals surface area contributed by atoms with Gasteiger partial charge in [0, 0.05) is 18.8 Å². The lowest BCUT2D eigenvalue weighted by molar-refractivity contribution is -0.168. The molecule has 28 heavy (non-hydrogen) atoms. The quantitative estimate of drug-likeness (QED) is 0.449. The Morgan fingerprint density at radius 1 is 1.07 bits per heavy atom. The first kappa shape index (κ1) is 20.6. The highest BCUT2D eigenvalue weighted by Crippen LogP contribution is 2.67. The molecule has 156 valence electrons. The molecule has 0 aromatic carbocycles. The van der Waals surface area contributed by atoms with E-state index in [0.717, 1.165) is 44.9 Å². The third-order valence-corrected chi connectivity index (χ3v) is 10.7. The molecule has 0 heterocycles. The van der Waals surface area contributed by atoms with Crippen molar-refractivity contribution in [2.45, 2.75) is 83.6 Å². The third kappa shape index (κ3) is 2.78. The standard InChI is InChI=1S/C23H33BrO4/c1-12(25)17-7-8-18-16-6-5-14-11-15(28-13(2)26)9-10-22(14,3)19(16)20(27)21(24)23(17,18)4/h14-19,21H,5-11H2,1-4H3/t14?,15?,16-,17+,18-,19+,21?,22-,23+/m0/s1. The maximum Gasteiger partial charge on any atom is 0.302 e. The first-order valence-electron chi connectivity index (χ1n) is 11.0. The Hall–Kier alpha value is -0.710. The summed E-state index contributed by atoms with van der Waals surface area (Å²) < 4.78 is 5.52. The van der Waals surface area contributed by atoms with E-state index in [1.54, 1.807) is 6.92 Å². The van der Waals surface area contributed by atoms with Gasteiger partial charge in [-0.1, -0.05) is 29.8 Å². The van der Waals surface area contributed by atoms with Crippen LogP contribution in [0.1, 0.15) is 72.6 Å². The molecule has 4 nitrogen and oxygen atoms in total. The topological polar surface area (TPSA) is 60.4 Å². The van der Waals surface area contributed by atoms with E-state index >= 15 is 0 Å². The number of ether oxygens (including phenoxy) is 1. The summed E-state index contributed by atoms with van der Waals surface area (Å²) >= 11 is 3.80. The Morgan fingerprint density at radius 2 is 1.79 bits per heavy atom. The van der Waals surface area contributed by atoms with Crippen LogP contribution in [0.5, 0.6) is 0 Å². The van der Waals surface area contributed by atoms with Crippen LogP contribution in [-0.4, -0.2) is 28.5 Å². The number of fused-ring (bicyclic) bond motifs is 5. The van der Waals surface area contributed by atoms with Gasteiger partial charge in [0.15, 0.2) is 5.78 Å². The van der Waals surface area contributed by atoms with Gasteiger partial charge >= 0.3 is 5.97 Å². The minimum absolute atomic E-state index is 0.00277. The molecular formula is C23H33BrO4. The summed E-state index contributed by atoms with van der Waals surface area (Å²) in [7, 11) is 0. The summed E-state index contributed by atoms with van der Waals surface area (Å²) in [5, 5.41) is 0. The van der Waals surface area contributed by atoms with Crippen molar-refractivity contribution in [3.05, 3.63) is 0 Å². The average molecular weight is 453 g/mol. The second-order valence-corrected chi connectivity index (χ2v) is 11.3. The van der Waals surface area contributed by atoms with Crippen LogP contribution in [0.2, 0.25) is 0 Å². The first-order valence-corrected chi connectivity index (χ1v) is 11.9. The van der Waals surface area contributed by atoms with Crippen LogP contribution < -0.4 is 0 Å². The smallest absolute Gasteiger partial charge is 0.302 e. The van der Waals surface area contributed by atoms with Gasteiger partial charge in [0.1, 0.15) is 11.9 Å². The van der Waals surface area contributed by atoms with E-state index in [1.807, 2.05) is 0 Å². The molecule has 4 saturated carbocycles. The number of rotatable bonds is 2. The third-order valence-electron chi connectivity index (χ3n) is 9.23. The van der Waals surface area contributed by atoms with Gasteiger partial charge < -0.3 is 4.74 Å². The molecule has 4 aliphatic rings. The molecule has 0 saturated heterocycles. The average Bonchev–Trinajstić information content (AvgIpc) is 2.97. The number of carbonyl (C=O) groups excluding carboxylic acids is 3. The Bertz CT molecular complexity index is 705. The number of ketones is 2. The van der Waals surface area contributed by atoms with E-state index in [4.69, 9.17) is 4.74 Å². The fraction of sp³-hybridized carbons (Fsp3) is 0.870. The molecule has 0 N–H and O–H groups in total. The normalized spacial score (nSPS) is 50.3. The number of Topliss-reactive ketones (excluding diaryl/α,β-unsaturated/α-hetero) is 2. The van der Waals surface area contributed by atoms with E-state index in [9.17, 15) is 14.4 Å². The van der Waals surface area contributed by atoms with Crippen LogP contribution in [0.4, 0.5) is 0 Å². The lowest BCUT2D eigenvalue weighted by Crippen LogP contribution is -2.62. The fourth-order valence-electron chi connectivity index (χ4n) is 7.97. The van der Waals surface area contributed by atoms with Gasteiger partial charge in [-0.3, -0.25) is 14.4 Å². The molecule has 0 aliphatic heterocycles. The summed E-state index contributed by atoms with van der Waals surface area (Å²) in [6.45, 7) is 7.69. The van der Waals surface area contributed by atoms with Crippen LogP contribution in [0, 0.1) is 40.4 Å². The van der Waals surface area contributed by atoms with Crippen LogP contribution in [0.15, 0.2) is 0 Å². The molecule has 4 aliphatic carbocycles. The zero-order chi connectivity index (χ0) is 20.4. The molecule has 0 aromatic heterocycles. The first-order chi connectivity index (χ1) is 13.1. The van der Waals surface area contributed by atoms with Crippen LogP contribution in [0.3, 0.4) is 0 Å². The van der Waals surface area contributed by atoms with Crippen molar-refractivity contribution < 1.29 is 19.1 Å². The number of hydrogen-bond donors (Lipinski definition) is 0. The van der Waals surface area contributed by atoms with Gasteiger partial charge in [-0.15, -0.1) is 0 Å². The summed E-state index contributed by atoms with van der Waals surface area (Å²) in [5.41, 5.74) is -0.263. The molecule has 4 fully saturated rings. The predicted molar refractivity (Wildman–Crippen MR) is 110 cm³/mol. The van der Waals surface area contributed by atoms with Crippen molar-refractivity contribution >= 4 is 33.5 Å². The molecule has 0 spiro atoms. The Labute approximate surface area is 176 Å². The summed E-state index contributed by atoms with van der Waals surface area (Å²) in [5.74, 6) is 1.70. The zero-order valence-electron chi connectivity index (χ0n) is 17.5. The monoisotopic (exact) mass is 452 g/mol. The van der Waals surface area contributed by atoms with E-state index in [1.165, 1.54) is 6.92 Å². The molecule has 0 bridgehead atoms. The highest BCUT2D eigenvalue weighted by Gasteiger charge is 2.67. The van der Waals surface area contributed by atoms with Crippen molar-refractivity contribution in [1.29, 1.82) is 0 Å². The largest absolute Gasteiger partial charge is 0.463 e. The van der Waals surface area contributed by atoms with Gasteiger partial charge in [-0.2, -0.15) is 0 Å². The zero-order valence-corrected chi connectivity index (χ0v) is 19.1. The van der Waals surface area contributed by atoms with Gasteiger partial charge in [-0.05, 0) is 80.5 Å². The Kier molecular flexibility index (Phi) is 5.08. The van der Waals surface area contributed by atoms with E-state index in [2.05, 4.69) is 29.8 Å². The van der Waals surface area contributed by atoms with Crippen molar-refractivity contribution in [2.75, 3.05) is 0 Å². The molecule has 0 amide bonds. The van der Waals surface area contributed by atoms with E-state index < -0.39 is 0 Å². The number of alkyl halides is 1. The molecule has 0 radical (unpaired) electrons. The lowest BCUT2D eigenvalue weighted by Gasteiger charge is -2.61. The summed E-state index contributed by atoms with van der Waals surface area (Å²) in [4.78, 5) is 37.3.